The molecule has 4 rings (SSSR count). The van der Waals surface area contributed by atoms with Gasteiger partial charge in [-0.05, 0) is 53.2 Å². The van der Waals surface area contributed by atoms with Crippen LogP contribution in [0.1, 0.15) is 5.56 Å². The molecule has 1 aromatic heterocycles. The number of hydrogen-bond donors (Lipinski definition) is 0. The lowest BCUT2D eigenvalue weighted by molar-refractivity contribution is -0.129. The second kappa shape index (κ2) is 9.57. The van der Waals surface area contributed by atoms with Crippen LogP contribution in [0.15, 0.2) is 58.6 Å². The monoisotopic (exact) mass is 492 g/mol. The molecule has 0 N–H and O–H groups in total. The quantitative estimate of drug-likeness (QED) is 0.486. The van der Waals surface area contributed by atoms with Crippen LogP contribution in [0.4, 0.5) is 0 Å². The number of thioether (sulfide) groups is 1. The van der Waals surface area contributed by atoms with E-state index in [0.717, 1.165) is 11.3 Å². The Morgan fingerprint density at radius 2 is 1.75 bits per heavy atom. The molecule has 2 aromatic carbocycles. The molecule has 168 valence electrons. The van der Waals surface area contributed by atoms with Crippen LogP contribution >= 0.6 is 23.4 Å². The van der Waals surface area contributed by atoms with Gasteiger partial charge in [0.25, 0.3) is 0 Å². The van der Waals surface area contributed by atoms with Crippen molar-refractivity contribution in [1.82, 2.24) is 29.4 Å². The Morgan fingerprint density at radius 1 is 1.06 bits per heavy atom. The minimum atomic E-state index is -3.61. The van der Waals surface area contributed by atoms with E-state index >= 15 is 0 Å². The molecule has 9 nitrogen and oxygen atoms in total. The summed E-state index contributed by atoms with van der Waals surface area (Å²) in [6.07, 6.45) is 0. The Labute approximate surface area is 195 Å². The smallest absolute Gasteiger partial charge is 0.243 e. The molecule has 3 aromatic rings. The van der Waals surface area contributed by atoms with E-state index in [9.17, 15) is 13.2 Å². The Morgan fingerprint density at radius 3 is 2.44 bits per heavy atom. The van der Waals surface area contributed by atoms with Gasteiger partial charge in [0.05, 0.1) is 16.3 Å². The molecule has 0 radical (unpaired) electrons. The summed E-state index contributed by atoms with van der Waals surface area (Å²) in [4.78, 5) is 14.6. The van der Waals surface area contributed by atoms with Crippen LogP contribution in [0.25, 0.3) is 5.69 Å². The zero-order valence-electron chi connectivity index (χ0n) is 17.3. The molecule has 0 aliphatic carbocycles. The number of para-hydroxylation sites is 1. The highest BCUT2D eigenvalue weighted by atomic mass is 35.5. The van der Waals surface area contributed by atoms with E-state index in [1.54, 1.807) is 21.7 Å². The maximum absolute atomic E-state index is 12.8. The fourth-order valence-electron chi connectivity index (χ4n) is 3.37. The van der Waals surface area contributed by atoms with Crippen LogP contribution in [0.2, 0.25) is 5.02 Å². The number of carbonyl (C=O) groups excluding carboxylic acids is 1. The van der Waals surface area contributed by atoms with Crippen LogP contribution < -0.4 is 0 Å². The highest BCUT2D eigenvalue weighted by Crippen LogP contribution is 2.22. The second-order valence-electron chi connectivity index (χ2n) is 7.19. The number of rotatable bonds is 6. The molecule has 32 heavy (non-hydrogen) atoms. The topological polar surface area (TPSA) is 101 Å². The molecule has 1 aliphatic rings. The van der Waals surface area contributed by atoms with Gasteiger partial charge in [0.1, 0.15) is 0 Å². The fraction of sp³-hybridized carbons (Fsp3) is 0.300. The molecule has 1 aliphatic heterocycles. The van der Waals surface area contributed by atoms with Gasteiger partial charge in [-0.1, -0.05) is 41.6 Å². The van der Waals surface area contributed by atoms with Gasteiger partial charge >= 0.3 is 0 Å². The zero-order valence-corrected chi connectivity index (χ0v) is 19.6. The van der Waals surface area contributed by atoms with Crippen LogP contribution in [-0.4, -0.2) is 75.7 Å². The van der Waals surface area contributed by atoms with Crippen molar-refractivity contribution in [2.75, 3.05) is 31.9 Å². The number of nitrogens with zero attached hydrogens (tertiary/aromatic N) is 6. The molecule has 0 bridgehead atoms. The van der Waals surface area contributed by atoms with Crippen molar-refractivity contribution in [2.24, 2.45) is 0 Å². The molecule has 12 heteroatoms. The van der Waals surface area contributed by atoms with Gasteiger partial charge in [-0.3, -0.25) is 4.79 Å². The molecule has 1 amide bonds. The SMILES string of the molecule is Cc1ccccc1-n1nnnc1SCC(=O)N1CCN(S(=O)(=O)c2ccc(Cl)cc2)CC1. The van der Waals surface area contributed by atoms with Crippen LogP contribution in [-0.2, 0) is 14.8 Å². The Bertz CT molecular complexity index is 1210. The molecule has 2 heterocycles. The molecule has 1 saturated heterocycles. The average molecular weight is 493 g/mol. The van der Waals surface area contributed by atoms with Gasteiger partial charge in [-0.2, -0.15) is 8.99 Å². The summed E-state index contributed by atoms with van der Waals surface area (Å²) in [6, 6.07) is 13.8. The molecular formula is C20H21ClN6O3S2. The molecule has 1 fully saturated rings. The summed E-state index contributed by atoms with van der Waals surface area (Å²) in [7, 11) is -3.61. The van der Waals surface area contributed by atoms with Crippen molar-refractivity contribution in [3.05, 3.63) is 59.1 Å². The van der Waals surface area contributed by atoms with E-state index < -0.39 is 10.0 Å². The van der Waals surface area contributed by atoms with Gasteiger partial charge in [0.2, 0.25) is 21.1 Å². The van der Waals surface area contributed by atoms with E-state index in [-0.39, 0.29) is 29.6 Å². The zero-order chi connectivity index (χ0) is 22.7. The molecule has 0 spiro atoms. The number of tetrazole rings is 1. The van der Waals surface area contributed by atoms with Crippen LogP contribution in [0.5, 0.6) is 0 Å². The Kier molecular flexibility index (Phi) is 6.79. The first-order chi connectivity index (χ1) is 15.4. The van der Waals surface area contributed by atoms with Gasteiger partial charge < -0.3 is 4.90 Å². The number of amides is 1. The largest absolute Gasteiger partial charge is 0.339 e. The van der Waals surface area contributed by atoms with Gasteiger partial charge in [-0.15, -0.1) is 5.10 Å². The maximum atomic E-state index is 12.8. The minimum absolute atomic E-state index is 0.0853. The second-order valence-corrected chi connectivity index (χ2v) is 10.5. The lowest BCUT2D eigenvalue weighted by atomic mass is 10.2. The average Bonchev–Trinajstić information content (AvgIpc) is 3.26. The van der Waals surface area contributed by atoms with Crippen molar-refractivity contribution in [3.8, 4) is 5.69 Å². The van der Waals surface area contributed by atoms with Crippen molar-refractivity contribution in [2.45, 2.75) is 17.0 Å². The number of halogens is 1. The molecule has 0 saturated carbocycles. The lowest BCUT2D eigenvalue weighted by Gasteiger charge is -2.34. The molecule has 0 atom stereocenters. The summed E-state index contributed by atoms with van der Waals surface area (Å²) in [5, 5.41) is 12.8. The van der Waals surface area contributed by atoms with Crippen molar-refractivity contribution >= 4 is 39.3 Å². The first-order valence-corrected chi connectivity index (χ1v) is 12.7. The van der Waals surface area contributed by atoms with E-state index in [2.05, 4.69) is 15.5 Å². The highest BCUT2D eigenvalue weighted by molar-refractivity contribution is 7.99. The minimum Gasteiger partial charge on any atom is -0.339 e. The van der Waals surface area contributed by atoms with Gasteiger partial charge in [0.15, 0.2) is 0 Å². The third kappa shape index (κ3) is 4.80. The van der Waals surface area contributed by atoms with Crippen LogP contribution in [0, 0.1) is 6.92 Å². The highest BCUT2D eigenvalue weighted by Gasteiger charge is 2.30. The van der Waals surface area contributed by atoms with Gasteiger partial charge in [-0.25, -0.2) is 8.42 Å². The maximum Gasteiger partial charge on any atom is 0.243 e. The standard InChI is InChI=1S/C20H21ClN6O3S2/c1-15-4-2-3-5-18(15)27-20(22-23-24-27)31-14-19(28)25-10-12-26(13-11-25)32(29,30)17-8-6-16(21)7-9-17/h2-9H,10-14H2,1H3. The number of aromatic nitrogens is 4. The molecular weight excluding hydrogens is 472 g/mol. The summed E-state index contributed by atoms with van der Waals surface area (Å²) in [5.74, 6) is 0.0776. The predicted octanol–water partition coefficient (Wildman–Crippen LogP) is 2.25. The number of benzene rings is 2. The summed E-state index contributed by atoms with van der Waals surface area (Å²) < 4.78 is 28.6. The van der Waals surface area contributed by atoms with E-state index in [1.807, 2.05) is 31.2 Å². The number of hydrogen-bond acceptors (Lipinski definition) is 7. The third-order valence-electron chi connectivity index (χ3n) is 5.15. The van der Waals surface area contributed by atoms with E-state index in [0.29, 0.717) is 23.3 Å². The summed E-state index contributed by atoms with van der Waals surface area (Å²) >= 11 is 7.11. The third-order valence-corrected chi connectivity index (χ3v) is 8.22. The predicted molar refractivity (Wildman–Crippen MR) is 121 cm³/mol. The number of piperazine rings is 1. The fourth-order valence-corrected chi connectivity index (χ4v) is 5.71. The van der Waals surface area contributed by atoms with Gasteiger partial charge in [0, 0.05) is 31.2 Å². The number of sulfonamides is 1. The Balaban J connectivity index is 1.35. The summed E-state index contributed by atoms with van der Waals surface area (Å²) in [6.45, 7) is 3.10. The number of carbonyl (C=O) groups is 1. The van der Waals surface area contributed by atoms with Crippen molar-refractivity contribution in [1.29, 1.82) is 0 Å². The van der Waals surface area contributed by atoms with E-state index in [4.69, 9.17) is 11.6 Å². The van der Waals surface area contributed by atoms with Crippen molar-refractivity contribution in [3.63, 3.8) is 0 Å². The van der Waals surface area contributed by atoms with Crippen molar-refractivity contribution < 1.29 is 13.2 Å². The van der Waals surface area contributed by atoms with E-state index in [1.165, 1.54) is 28.2 Å². The first kappa shape index (κ1) is 22.7. The first-order valence-electron chi connectivity index (χ1n) is 9.87. The van der Waals surface area contributed by atoms with Crippen LogP contribution in [0.3, 0.4) is 0 Å². The molecule has 0 unspecified atom stereocenters. The number of aryl methyl sites for hydroxylation is 1. The normalized spacial score (nSPS) is 15.1. The lowest BCUT2D eigenvalue weighted by Crippen LogP contribution is -2.50. The summed E-state index contributed by atoms with van der Waals surface area (Å²) in [5.41, 5.74) is 1.87. The Hall–Kier alpha value is -2.47.